The Kier molecular flexibility index (Phi) is 6.19. The molecular weight excluding hydrogens is 370 g/mol. The molecule has 0 saturated carbocycles. The highest BCUT2D eigenvalue weighted by Gasteiger charge is 2.21. The van der Waals surface area contributed by atoms with E-state index in [-0.39, 0.29) is 11.4 Å². The number of carbonyl (C=O) groups excluding carboxylic acids is 2. The monoisotopic (exact) mass is 391 g/mol. The number of rotatable bonds is 6. The fourth-order valence-electron chi connectivity index (χ4n) is 2.69. The van der Waals surface area contributed by atoms with Gasteiger partial charge in [-0.05, 0) is 37.6 Å². The predicted octanol–water partition coefficient (Wildman–Crippen LogP) is 2.75. The number of hydrogen-bond acceptors (Lipinski definition) is 5. The van der Waals surface area contributed by atoms with Crippen LogP contribution in [-0.4, -0.2) is 27.9 Å². The van der Waals surface area contributed by atoms with Gasteiger partial charge in [0.15, 0.2) is 11.9 Å². The average Bonchev–Trinajstić information content (AvgIpc) is 2.73. The number of benzene rings is 2. The average molecular weight is 391 g/mol. The number of fused-ring (bicyclic) bond motifs is 1. The number of nitrogens with zero attached hydrogens (tertiary/aromatic N) is 1. The van der Waals surface area contributed by atoms with Crippen molar-refractivity contribution >= 4 is 28.9 Å². The summed E-state index contributed by atoms with van der Waals surface area (Å²) in [4.78, 5) is 43.4. The van der Waals surface area contributed by atoms with Gasteiger partial charge in [0.2, 0.25) is 5.91 Å². The number of para-hydroxylation sites is 1. The van der Waals surface area contributed by atoms with Crippen molar-refractivity contribution in [2.45, 2.75) is 26.0 Å². The molecule has 0 aliphatic heterocycles. The van der Waals surface area contributed by atoms with Gasteiger partial charge in [0, 0.05) is 6.08 Å². The Morgan fingerprint density at radius 1 is 1.07 bits per heavy atom. The first kappa shape index (κ1) is 20.0. The molecule has 2 N–H and O–H groups in total. The maximum absolute atomic E-state index is 12.3. The second-order valence-electron chi connectivity index (χ2n) is 6.52. The standard InChI is InChI=1S/C22H21N3O4/c1-14(23-19(26)13-12-16-8-4-3-5-9-16)22(28)29-15(2)20-24-18-11-7-6-10-17(18)21(27)25-20/h3-15H,1-2H3,(H,23,26)(H,24,25,27)/b13-12+/t14-,15-/m0/s1. The van der Waals surface area contributed by atoms with Crippen LogP contribution in [0.4, 0.5) is 0 Å². The third-order valence-corrected chi connectivity index (χ3v) is 4.25. The zero-order valence-electron chi connectivity index (χ0n) is 16.1. The Morgan fingerprint density at radius 3 is 2.52 bits per heavy atom. The molecule has 7 nitrogen and oxygen atoms in total. The smallest absolute Gasteiger partial charge is 0.329 e. The number of H-pyrrole nitrogens is 1. The van der Waals surface area contributed by atoms with Crippen molar-refractivity contribution in [3.8, 4) is 0 Å². The molecule has 0 unspecified atom stereocenters. The maximum atomic E-state index is 12.3. The SMILES string of the molecule is C[C@H](NC(=O)/C=C/c1ccccc1)C(=O)O[C@@H](C)c1nc2ccccc2c(=O)[nH]1. The van der Waals surface area contributed by atoms with Crippen LogP contribution in [0.15, 0.2) is 65.5 Å². The molecular formula is C22H21N3O4. The molecule has 3 rings (SSSR count). The number of ether oxygens (including phenoxy) is 1. The molecule has 0 spiro atoms. The molecule has 0 radical (unpaired) electrons. The van der Waals surface area contributed by atoms with Crippen molar-refractivity contribution < 1.29 is 14.3 Å². The number of amides is 1. The highest BCUT2D eigenvalue weighted by molar-refractivity contribution is 5.94. The summed E-state index contributed by atoms with van der Waals surface area (Å²) in [6.07, 6.45) is 2.23. The predicted molar refractivity (Wildman–Crippen MR) is 110 cm³/mol. The van der Waals surface area contributed by atoms with Crippen LogP contribution < -0.4 is 10.9 Å². The Balaban J connectivity index is 1.61. The summed E-state index contributed by atoms with van der Waals surface area (Å²) in [5.41, 5.74) is 1.08. The summed E-state index contributed by atoms with van der Waals surface area (Å²) in [6, 6.07) is 15.4. The lowest BCUT2D eigenvalue weighted by Gasteiger charge is -2.17. The first-order chi connectivity index (χ1) is 13.9. The molecule has 1 heterocycles. The number of hydrogen-bond donors (Lipinski definition) is 2. The lowest BCUT2D eigenvalue weighted by atomic mass is 10.2. The number of carbonyl (C=O) groups is 2. The van der Waals surface area contributed by atoms with Gasteiger partial charge in [-0.3, -0.25) is 9.59 Å². The van der Waals surface area contributed by atoms with E-state index in [0.29, 0.717) is 10.9 Å². The zero-order valence-corrected chi connectivity index (χ0v) is 16.1. The lowest BCUT2D eigenvalue weighted by Crippen LogP contribution is -2.39. The molecule has 1 amide bonds. The van der Waals surface area contributed by atoms with Crippen LogP contribution >= 0.6 is 0 Å². The molecule has 0 fully saturated rings. The number of esters is 1. The van der Waals surface area contributed by atoms with Crippen LogP contribution in [0.2, 0.25) is 0 Å². The Bertz CT molecular complexity index is 1110. The molecule has 1 aromatic heterocycles. The normalized spacial score (nSPS) is 13.2. The van der Waals surface area contributed by atoms with Gasteiger partial charge in [-0.2, -0.15) is 0 Å². The first-order valence-electron chi connectivity index (χ1n) is 9.17. The molecule has 2 aromatic carbocycles. The van der Waals surface area contributed by atoms with Crippen molar-refractivity contribution in [2.75, 3.05) is 0 Å². The summed E-state index contributed by atoms with van der Waals surface area (Å²) in [7, 11) is 0. The van der Waals surface area contributed by atoms with Gasteiger partial charge in [-0.25, -0.2) is 9.78 Å². The molecule has 2 atom stereocenters. The van der Waals surface area contributed by atoms with Gasteiger partial charge < -0.3 is 15.0 Å². The van der Waals surface area contributed by atoms with Crippen LogP contribution in [0.1, 0.15) is 31.3 Å². The van der Waals surface area contributed by atoms with Crippen LogP contribution in [0.5, 0.6) is 0 Å². The zero-order chi connectivity index (χ0) is 20.8. The third-order valence-electron chi connectivity index (χ3n) is 4.25. The minimum Gasteiger partial charge on any atom is -0.453 e. The van der Waals surface area contributed by atoms with Gasteiger partial charge in [0.25, 0.3) is 5.56 Å². The summed E-state index contributed by atoms with van der Waals surface area (Å²) in [6.45, 7) is 3.13. The Labute approximate surface area is 167 Å². The van der Waals surface area contributed by atoms with Crippen LogP contribution in [0, 0.1) is 0 Å². The molecule has 0 saturated heterocycles. The van der Waals surface area contributed by atoms with E-state index in [2.05, 4.69) is 15.3 Å². The van der Waals surface area contributed by atoms with Crippen LogP contribution in [-0.2, 0) is 14.3 Å². The Morgan fingerprint density at radius 2 is 1.76 bits per heavy atom. The Hall–Kier alpha value is -3.74. The topological polar surface area (TPSA) is 101 Å². The highest BCUT2D eigenvalue weighted by atomic mass is 16.5. The first-order valence-corrected chi connectivity index (χ1v) is 9.17. The van der Waals surface area contributed by atoms with Crippen molar-refractivity contribution in [1.82, 2.24) is 15.3 Å². The van der Waals surface area contributed by atoms with Crippen molar-refractivity contribution in [3.63, 3.8) is 0 Å². The molecule has 0 bridgehead atoms. The number of aromatic amines is 1. The lowest BCUT2D eigenvalue weighted by molar-refractivity contribution is -0.152. The second kappa shape index (κ2) is 8.97. The summed E-state index contributed by atoms with van der Waals surface area (Å²) in [5.74, 6) is -0.803. The van der Waals surface area contributed by atoms with Gasteiger partial charge in [0.1, 0.15) is 6.04 Å². The minimum atomic E-state index is -0.863. The van der Waals surface area contributed by atoms with Crippen LogP contribution in [0.25, 0.3) is 17.0 Å². The van der Waals surface area contributed by atoms with E-state index in [1.54, 1.807) is 37.3 Å². The van der Waals surface area contributed by atoms with E-state index < -0.39 is 24.0 Å². The van der Waals surface area contributed by atoms with E-state index in [9.17, 15) is 14.4 Å². The number of aromatic nitrogens is 2. The summed E-state index contributed by atoms with van der Waals surface area (Å²) < 4.78 is 5.36. The van der Waals surface area contributed by atoms with Crippen molar-refractivity contribution in [1.29, 1.82) is 0 Å². The molecule has 3 aromatic rings. The van der Waals surface area contributed by atoms with E-state index in [1.165, 1.54) is 13.0 Å². The molecule has 29 heavy (non-hydrogen) atoms. The number of nitrogens with one attached hydrogen (secondary N) is 2. The van der Waals surface area contributed by atoms with Crippen molar-refractivity contribution in [3.05, 3.63) is 82.4 Å². The quantitative estimate of drug-likeness (QED) is 0.497. The third kappa shape index (κ3) is 5.16. The second-order valence-corrected chi connectivity index (χ2v) is 6.52. The summed E-state index contributed by atoms with van der Waals surface area (Å²) in [5, 5.41) is 3.01. The van der Waals surface area contributed by atoms with Crippen molar-refractivity contribution in [2.24, 2.45) is 0 Å². The van der Waals surface area contributed by atoms with Gasteiger partial charge in [-0.15, -0.1) is 0 Å². The molecule has 0 aliphatic carbocycles. The molecule has 148 valence electrons. The van der Waals surface area contributed by atoms with E-state index in [4.69, 9.17) is 4.74 Å². The van der Waals surface area contributed by atoms with Gasteiger partial charge in [-0.1, -0.05) is 42.5 Å². The maximum Gasteiger partial charge on any atom is 0.329 e. The van der Waals surface area contributed by atoms with E-state index in [0.717, 1.165) is 5.56 Å². The molecule has 0 aliphatic rings. The van der Waals surface area contributed by atoms with Gasteiger partial charge >= 0.3 is 5.97 Å². The van der Waals surface area contributed by atoms with E-state index in [1.807, 2.05) is 30.3 Å². The van der Waals surface area contributed by atoms with E-state index >= 15 is 0 Å². The highest BCUT2D eigenvalue weighted by Crippen LogP contribution is 2.15. The molecule has 7 heteroatoms. The largest absolute Gasteiger partial charge is 0.453 e. The summed E-state index contributed by atoms with van der Waals surface area (Å²) >= 11 is 0. The van der Waals surface area contributed by atoms with Crippen LogP contribution in [0.3, 0.4) is 0 Å². The minimum absolute atomic E-state index is 0.240. The fraction of sp³-hybridized carbons (Fsp3) is 0.182. The fourth-order valence-corrected chi connectivity index (χ4v) is 2.69. The van der Waals surface area contributed by atoms with Gasteiger partial charge in [0.05, 0.1) is 10.9 Å².